The minimum Gasteiger partial charge on any atom is -0.478 e. The Bertz CT molecular complexity index is 409. The molecule has 0 heterocycles. The molecule has 86 valence electrons. The minimum absolute atomic E-state index is 0.00874. The number of benzene rings is 1. The van der Waals surface area contributed by atoms with Gasteiger partial charge in [-0.05, 0) is 29.5 Å². The van der Waals surface area contributed by atoms with E-state index >= 15 is 0 Å². The van der Waals surface area contributed by atoms with E-state index in [0.29, 0.717) is 5.56 Å². The molecule has 1 aromatic rings. The van der Waals surface area contributed by atoms with Crippen molar-refractivity contribution in [3.05, 3.63) is 36.4 Å². The fourth-order valence-electron chi connectivity index (χ4n) is 0.981. The fourth-order valence-corrected chi connectivity index (χ4v) is 1.52. The van der Waals surface area contributed by atoms with Gasteiger partial charge in [0.05, 0.1) is 5.57 Å². The smallest absolute Gasteiger partial charge is 0.446 e. The van der Waals surface area contributed by atoms with Gasteiger partial charge >= 0.3 is 11.5 Å². The van der Waals surface area contributed by atoms with Crippen molar-refractivity contribution in [2.75, 3.05) is 0 Å². The van der Waals surface area contributed by atoms with Crippen LogP contribution in [0.25, 0.3) is 5.57 Å². The molecule has 0 spiro atoms. The SMILES string of the molecule is C=C(C(=O)O)c1ccc(SC(F)(F)F)cc1. The number of carboxylic acid groups (broad SMARTS) is 1. The number of thioether (sulfide) groups is 1. The molecule has 0 aliphatic rings. The molecule has 6 heteroatoms. The Morgan fingerprint density at radius 2 is 1.75 bits per heavy atom. The summed E-state index contributed by atoms with van der Waals surface area (Å²) in [5.74, 6) is -1.20. The van der Waals surface area contributed by atoms with Gasteiger partial charge < -0.3 is 5.11 Å². The lowest BCUT2D eigenvalue weighted by Crippen LogP contribution is -2.00. The van der Waals surface area contributed by atoms with Crippen LogP contribution in [0.15, 0.2) is 35.7 Å². The Balaban J connectivity index is 2.84. The summed E-state index contributed by atoms with van der Waals surface area (Å²) in [5.41, 5.74) is -4.20. The van der Waals surface area contributed by atoms with Crippen LogP contribution in [-0.4, -0.2) is 16.6 Å². The highest BCUT2D eigenvalue weighted by molar-refractivity contribution is 8.00. The number of halogens is 3. The summed E-state index contributed by atoms with van der Waals surface area (Å²) in [5, 5.41) is 8.61. The van der Waals surface area contributed by atoms with Crippen molar-refractivity contribution in [2.24, 2.45) is 0 Å². The van der Waals surface area contributed by atoms with Gasteiger partial charge in [0.25, 0.3) is 0 Å². The number of alkyl halides is 3. The highest BCUT2D eigenvalue weighted by Crippen LogP contribution is 2.36. The van der Waals surface area contributed by atoms with E-state index < -0.39 is 11.5 Å². The highest BCUT2D eigenvalue weighted by atomic mass is 32.2. The van der Waals surface area contributed by atoms with Crippen LogP contribution < -0.4 is 0 Å². The quantitative estimate of drug-likeness (QED) is 0.658. The normalized spacial score (nSPS) is 11.2. The van der Waals surface area contributed by atoms with Crippen LogP contribution in [0, 0.1) is 0 Å². The van der Waals surface area contributed by atoms with Gasteiger partial charge in [-0.15, -0.1) is 0 Å². The van der Waals surface area contributed by atoms with Crippen LogP contribution in [0.4, 0.5) is 13.2 Å². The lowest BCUT2D eigenvalue weighted by molar-refractivity contribution is -0.130. The van der Waals surface area contributed by atoms with Crippen LogP contribution in [0.3, 0.4) is 0 Å². The summed E-state index contributed by atoms with van der Waals surface area (Å²) < 4.78 is 35.9. The largest absolute Gasteiger partial charge is 0.478 e. The van der Waals surface area contributed by atoms with E-state index in [2.05, 4.69) is 6.58 Å². The van der Waals surface area contributed by atoms with E-state index in [-0.39, 0.29) is 22.2 Å². The molecule has 1 N–H and O–H groups in total. The lowest BCUT2D eigenvalue weighted by Gasteiger charge is -2.06. The molecule has 16 heavy (non-hydrogen) atoms. The van der Waals surface area contributed by atoms with Crippen molar-refractivity contribution in [3.63, 3.8) is 0 Å². The summed E-state index contributed by atoms with van der Waals surface area (Å²) in [7, 11) is 0. The fraction of sp³-hybridized carbons (Fsp3) is 0.100. The van der Waals surface area contributed by atoms with Gasteiger partial charge in [-0.1, -0.05) is 18.7 Å². The van der Waals surface area contributed by atoms with Crippen LogP contribution in [-0.2, 0) is 4.79 Å². The summed E-state index contributed by atoms with van der Waals surface area (Å²) in [6.45, 7) is 3.30. The molecule has 0 aromatic heterocycles. The molecule has 0 fully saturated rings. The maximum absolute atomic E-state index is 12.0. The Labute approximate surface area is 93.8 Å². The molecule has 0 saturated carbocycles. The summed E-state index contributed by atoms with van der Waals surface area (Å²) in [6, 6.07) is 5.01. The topological polar surface area (TPSA) is 37.3 Å². The zero-order valence-electron chi connectivity index (χ0n) is 7.91. The maximum atomic E-state index is 12.0. The summed E-state index contributed by atoms with van der Waals surface area (Å²) in [4.78, 5) is 10.5. The van der Waals surface area contributed by atoms with E-state index in [9.17, 15) is 18.0 Å². The molecular formula is C10H7F3O2S. The van der Waals surface area contributed by atoms with Gasteiger partial charge in [-0.25, -0.2) is 4.79 Å². The highest BCUT2D eigenvalue weighted by Gasteiger charge is 2.29. The summed E-state index contributed by atoms with van der Waals surface area (Å²) >= 11 is -0.248. The first-order valence-electron chi connectivity index (χ1n) is 4.08. The Kier molecular flexibility index (Phi) is 3.64. The van der Waals surface area contributed by atoms with E-state index in [4.69, 9.17) is 5.11 Å². The standard InChI is InChI=1S/C10H7F3O2S/c1-6(9(14)15)7-2-4-8(5-3-7)16-10(11,12)13/h2-5H,1H2,(H,14,15). The van der Waals surface area contributed by atoms with Gasteiger partial charge in [0.15, 0.2) is 0 Å². The van der Waals surface area contributed by atoms with Crippen molar-refractivity contribution in [1.82, 2.24) is 0 Å². The van der Waals surface area contributed by atoms with Crippen molar-refractivity contribution < 1.29 is 23.1 Å². The predicted octanol–water partition coefficient (Wildman–Crippen LogP) is 3.40. The number of carbonyl (C=O) groups is 1. The number of carboxylic acids is 1. The number of aliphatic carboxylic acids is 1. The molecule has 0 aliphatic heterocycles. The van der Waals surface area contributed by atoms with Gasteiger partial charge in [-0.3, -0.25) is 0 Å². The molecule has 0 unspecified atom stereocenters. The van der Waals surface area contributed by atoms with Crippen LogP contribution in [0.1, 0.15) is 5.56 Å². The molecule has 0 bridgehead atoms. The van der Waals surface area contributed by atoms with Crippen LogP contribution in [0.2, 0.25) is 0 Å². The predicted molar refractivity (Wildman–Crippen MR) is 55.0 cm³/mol. The van der Waals surface area contributed by atoms with Crippen molar-refractivity contribution >= 4 is 23.3 Å². The van der Waals surface area contributed by atoms with E-state index in [1.807, 2.05) is 0 Å². The first kappa shape index (κ1) is 12.6. The Morgan fingerprint density at radius 1 is 1.25 bits per heavy atom. The lowest BCUT2D eigenvalue weighted by atomic mass is 10.1. The first-order chi connectivity index (χ1) is 7.29. The molecule has 0 aliphatic carbocycles. The molecular weight excluding hydrogens is 241 g/mol. The molecule has 2 nitrogen and oxygen atoms in total. The van der Waals surface area contributed by atoms with Crippen molar-refractivity contribution in [3.8, 4) is 0 Å². The Hall–Kier alpha value is -1.43. The molecule has 1 aromatic carbocycles. The van der Waals surface area contributed by atoms with Crippen LogP contribution in [0.5, 0.6) is 0 Å². The monoisotopic (exact) mass is 248 g/mol. The van der Waals surface area contributed by atoms with Gasteiger partial charge in [0, 0.05) is 4.90 Å². The van der Waals surface area contributed by atoms with E-state index in [0.717, 1.165) is 0 Å². The number of hydrogen-bond acceptors (Lipinski definition) is 2. The van der Waals surface area contributed by atoms with E-state index in [1.54, 1.807) is 0 Å². The van der Waals surface area contributed by atoms with Gasteiger partial charge in [-0.2, -0.15) is 13.2 Å². The van der Waals surface area contributed by atoms with Crippen molar-refractivity contribution in [1.29, 1.82) is 0 Å². The zero-order chi connectivity index (χ0) is 12.3. The number of rotatable bonds is 3. The van der Waals surface area contributed by atoms with E-state index in [1.165, 1.54) is 24.3 Å². The minimum atomic E-state index is -4.34. The molecule has 1 rings (SSSR count). The first-order valence-corrected chi connectivity index (χ1v) is 4.89. The summed E-state index contributed by atoms with van der Waals surface area (Å²) in [6.07, 6.45) is 0. The average molecular weight is 248 g/mol. The maximum Gasteiger partial charge on any atom is 0.446 e. The second-order valence-corrected chi connectivity index (χ2v) is 3.99. The second-order valence-electron chi connectivity index (χ2n) is 2.86. The average Bonchev–Trinajstić information content (AvgIpc) is 2.15. The third-order valence-corrected chi connectivity index (χ3v) is 2.43. The third kappa shape index (κ3) is 3.62. The second kappa shape index (κ2) is 4.61. The molecule has 0 amide bonds. The molecule has 0 radical (unpaired) electrons. The molecule has 0 atom stereocenters. The number of hydrogen-bond donors (Lipinski definition) is 1. The van der Waals surface area contributed by atoms with Crippen LogP contribution >= 0.6 is 11.8 Å². The molecule has 0 saturated heterocycles. The Morgan fingerprint density at radius 3 is 2.12 bits per heavy atom. The van der Waals surface area contributed by atoms with Gasteiger partial charge in [0.1, 0.15) is 0 Å². The zero-order valence-corrected chi connectivity index (χ0v) is 8.73. The third-order valence-electron chi connectivity index (χ3n) is 1.69. The van der Waals surface area contributed by atoms with Crippen molar-refractivity contribution in [2.45, 2.75) is 10.4 Å². The van der Waals surface area contributed by atoms with Gasteiger partial charge in [0.2, 0.25) is 0 Å².